The molecule has 1 fully saturated rings. The molecule has 3 unspecified atom stereocenters. The lowest BCUT2D eigenvalue weighted by Crippen LogP contribution is -2.48. The molecule has 0 saturated heterocycles. The zero-order valence-electron chi connectivity index (χ0n) is 11.5. The number of aliphatic carboxylic acids is 1. The van der Waals surface area contributed by atoms with Crippen LogP contribution in [0.15, 0.2) is 0 Å². The number of nitrogens with zero attached hydrogens (tertiary/aromatic N) is 1. The van der Waals surface area contributed by atoms with Gasteiger partial charge in [0.1, 0.15) is 11.6 Å². The third kappa shape index (κ3) is 4.43. The molecule has 6 nitrogen and oxygen atoms in total. The van der Waals surface area contributed by atoms with E-state index in [1.807, 2.05) is 0 Å². The average molecular weight is 268 g/mol. The molecule has 1 aliphatic carbocycles. The molecule has 0 heterocycles. The molecule has 1 amide bonds. The zero-order valence-corrected chi connectivity index (χ0v) is 11.5. The number of alkyl carbamates (subject to hydrolysis) is 1. The Morgan fingerprint density at radius 2 is 2.05 bits per heavy atom. The number of carboxylic acids is 1. The first-order chi connectivity index (χ1) is 8.74. The van der Waals surface area contributed by atoms with Crippen molar-refractivity contribution in [2.75, 3.05) is 0 Å². The van der Waals surface area contributed by atoms with Crippen molar-refractivity contribution in [2.24, 2.45) is 11.8 Å². The minimum absolute atomic E-state index is 0.323. The molecule has 2 N–H and O–H groups in total. The Morgan fingerprint density at radius 1 is 1.42 bits per heavy atom. The SMILES string of the molecule is CC(C)(C)OC(=O)NC(C(=O)O)C1CCCC1C#N. The number of ether oxygens (including phenoxy) is 1. The molecule has 1 saturated carbocycles. The van der Waals surface area contributed by atoms with E-state index in [1.165, 1.54) is 0 Å². The number of carbonyl (C=O) groups is 2. The predicted octanol–water partition coefficient (Wildman–Crippen LogP) is 1.90. The highest BCUT2D eigenvalue weighted by atomic mass is 16.6. The quantitative estimate of drug-likeness (QED) is 0.814. The summed E-state index contributed by atoms with van der Waals surface area (Å²) >= 11 is 0. The van der Waals surface area contributed by atoms with E-state index in [9.17, 15) is 14.7 Å². The third-order valence-corrected chi connectivity index (χ3v) is 3.10. The number of carboxylic acid groups (broad SMARTS) is 1. The molecule has 19 heavy (non-hydrogen) atoms. The smallest absolute Gasteiger partial charge is 0.408 e. The van der Waals surface area contributed by atoms with Crippen LogP contribution in [0.5, 0.6) is 0 Å². The molecule has 1 aliphatic rings. The first kappa shape index (κ1) is 15.3. The summed E-state index contributed by atoms with van der Waals surface area (Å²) in [5.74, 6) is -1.80. The molecule has 1 rings (SSSR count). The van der Waals surface area contributed by atoms with Gasteiger partial charge in [-0.25, -0.2) is 9.59 Å². The van der Waals surface area contributed by atoms with Crippen LogP contribution in [-0.2, 0) is 9.53 Å². The second-order valence-corrected chi connectivity index (χ2v) is 5.79. The van der Waals surface area contributed by atoms with Gasteiger partial charge in [-0.2, -0.15) is 5.26 Å². The Labute approximate surface area is 112 Å². The van der Waals surface area contributed by atoms with Crippen LogP contribution in [0.4, 0.5) is 4.79 Å². The third-order valence-electron chi connectivity index (χ3n) is 3.10. The summed E-state index contributed by atoms with van der Waals surface area (Å²) < 4.78 is 5.05. The summed E-state index contributed by atoms with van der Waals surface area (Å²) in [6.45, 7) is 5.11. The summed E-state index contributed by atoms with van der Waals surface area (Å²) in [4.78, 5) is 22.9. The number of nitrogens with one attached hydrogen (secondary N) is 1. The van der Waals surface area contributed by atoms with Gasteiger partial charge in [0.2, 0.25) is 0 Å². The summed E-state index contributed by atoms with van der Waals surface area (Å²) in [5, 5.41) is 20.6. The van der Waals surface area contributed by atoms with E-state index in [0.29, 0.717) is 12.8 Å². The maximum Gasteiger partial charge on any atom is 0.408 e. The summed E-state index contributed by atoms with van der Waals surface area (Å²) in [7, 11) is 0. The van der Waals surface area contributed by atoms with Gasteiger partial charge in [0, 0.05) is 5.92 Å². The van der Waals surface area contributed by atoms with Crippen LogP contribution in [0.2, 0.25) is 0 Å². The van der Waals surface area contributed by atoms with E-state index in [-0.39, 0.29) is 11.8 Å². The van der Waals surface area contributed by atoms with Crippen molar-refractivity contribution in [2.45, 2.75) is 51.7 Å². The second-order valence-electron chi connectivity index (χ2n) is 5.79. The van der Waals surface area contributed by atoms with Gasteiger partial charge in [0.05, 0.1) is 12.0 Å². The first-order valence-corrected chi connectivity index (χ1v) is 6.36. The predicted molar refractivity (Wildman–Crippen MR) is 67.2 cm³/mol. The Kier molecular flexibility index (Phi) is 4.76. The minimum atomic E-state index is -1.13. The number of rotatable bonds is 3. The lowest BCUT2D eigenvalue weighted by Gasteiger charge is -2.25. The van der Waals surface area contributed by atoms with Gasteiger partial charge in [-0.1, -0.05) is 6.42 Å². The fourth-order valence-electron chi connectivity index (χ4n) is 2.33. The number of hydrogen-bond donors (Lipinski definition) is 2. The largest absolute Gasteiger partial charge is 0.480 e. The highest BCUT2D eigenvalue weighted by Crippen LogP contribution is 2.33. The van der Waals surface area contributed by atoms with Crippen molar-refractivity contribution in [1.29, 1.82) is 5.26 Å². The molecule has 106 valence electrons. The van der Waals surface area contributed by atoms with Crippen LogP contribution < -0.4 is 5.32 Å². The number of carbonyl (C=O) groups excluding carboxylic acids is 1. The van der Waals surface area contributed by atoms with Gasteiger partial charge in [-0.15, -0.1) is 0 Å². The molecule has 0 spiro atoms. The monoisotopic (exact) mass is 268 g/mol. The van der Waals surface area contributed by atoms with E-state index in [1.54, 1.807) is 20.8 Å². The molecule has 0 aromatic carbocycles. The summed E-state index contributed by atoms with van der Waals surface area (Å²) in [6, 6.07) is 1.05. The fraction of sp³-hybridized carbons (Fsp3) is 0.769. The molecule has 0 aromatic heterocycles. The molecular formula is C13H20N2O4. The summed E-state index contributed by atoms with van der Waals surface area (Å²) in [6.07, 6.45) is 1.36. The highest BCUT2D eigenvalue weighted by molar-refractivity contribution is 5.80. The van der Waals surface area contributed by atoms with Crippen molar-refractivity contribution in [1.82, 2.24) is 5.32 Å². The van der Waals surface area contributed by atoms with E-state index in [4.69, 9.17) is 10.00 Å². The molecule has 0 bridgehead atoms. The molecule has 0 aromatic rings. The van der Waals surface area contributed by atoms with Gasteiger partial charge >= 0.3 is 12.1 Å². The number of nitriles is 1. The lowest BCUT2D eigenvalue weighted by atomic mass is 9.90. The topological polar surface area (TPSA) is 99.4 Å². The van der Waals surface area contributed by atoms with Crippen molar-refractivity contribution in [3.05, 3.63) is 0 Å². The van der Waals surface area contributed by atoms with Crippen LogP contribution in [0.25, 0.3) is 0 Å². The molecule has 0 radical (unpaired) electrons. The van der Waals surface area contributed by atoms with Gasteiger partial charge in [-0.3, -0.25) is 0 Å². The summed E-state index contributed by atoms with van der Waals surface area (Å²) in [5.41, 5.74) is -0.683. The standard InChI is InChI=1S/C13H20N2O4/c1-13(2,3)19-12(18)15-10(11(16)17)9-6-4-5-8(9)7-14/h8-10H,4-6H2,1-3H3,(H,15,18)(H,16,17). The van der Waals surface area contributed by atoms with E-state index < -0.39 is 23.7 Å². The van der Waals surface area contributed by atoms with E-state index >= 15 is 0 Å². The average Bonchev–Trinajstić information content (AvgIpc) is 2.70. The van der Waals surface area contributed by atoms with Gasteiger partial charge in [-0.05, 0) is 33.6 Å². The Morgan fingerprint density at radius 3 is 2.53 bits per heavy atom. The van der Waals surface area contributed by atoms with Crippen LogP contribution in [0.3, 0.4) is 0 Å². The van der Waals surface area contributed by atoms with Gasteiger partial charge in [0.25, 0.3) is 0 Å². The van der Waals surface area contributed by atoms with E-state index in [2.05, 4.69) is 11.4 Å². The van der Waals surface area contributed by atoms with Crippen LogP contribution >= 0.6 is 0 Å². The fourth-order valence-corrected chi connectivity index (χ4v) is 2.33. The highest BCUT2D eigenvalue weighted by Gasteiger charge is 2.39. The normalized spacial score (nSPS) is 24.3. The van der Waals surface area contributed by atoms with Crippen LogP contribution in [0.1, 0.15) is 40.0 Å². The number of hydrogen-bond acceptors (Lipinski definition) is 4. The van der Waals surface area contributed by atoms with Gasteiger partial charge in [0.15, 0.2) is 0 Å². The van der Waals surface area contributed by atoms with Crippen molar-refractivity contribution in [3.63, 3.8) is 0 Å². The van der Waals surface area contributed by atoms with Crippen molar-refractivity contribution >= 4 is 12.1 Å². The zero-order chi connectivity index (χ0) is 14.6. The minimum Gasteiger partial charge on any atom is -0.480 e. The Balaban J connectivity index is 2.72. The van der Waals surface area contributed by atoms with Crippen molar-refractivity contribution in [3.8, 4) is 6.07 Å². The van der Waals surface area contributed by atoms with E-state index in [0.717, 1.165) is 6.42 Å². The molecule has 0 aliphatic heterocycles. The first-order valence-electron chi connectivity index (χ1n) is 6.36. The lowest BCUT2D eigenvalue weighted by molar-refractivity contribution is -0.141. The Hall–Kier alpha value is -1.77. The Bertz CT molecular complexity index is 394. The molecule has 6 heteroatoms. The second kappa shape index (κ2) is 5.91. The van der Waals surface area contributed by atoms with Crippen LogP contribution in [0, 0.1) is 23.2 Å². The van der Waals surface area contributed by atoms with Crippen molar-refractivity contribution < 1.29 is 19.4 Å². The maximum atomic E-state index is 11.6. The van der Waals surface area contributed by atoms with Gasteiger partial charge < -0.3 is 15.2 Å². The maximum absolute atomic E-state index is 11.6. The molecular weight excluding hydrogens is 248 g/mol. The molecule has 3 atom stereocenters. The number of amides is 1. The van der Waals surface area contributed by atoms with Crippen LogP contribution in [-0.4, -0.2) is 28.8 Å².